The van der Waals surface area contributed by atoms with Gasteiger partial charge in [0, 0.05) is 12.0 Å². The lowest BCUT2D eigenvalue weighted by atomic mass is 10.0. The predicted octanol–water partition coefficient (Wildman–Crippen LogP) is 1.74. The summed E-state index contributed by atoms with van der Waals surface area (Å²) in [6.45, 7) is 0. The van der Waals surface area contributed by atoms with E-state index in [1.54, 1.807) is 48.5 Å². The highest BCUT2D eigenvalue weighted by Gasteiger charge is 2.28. The fourth-order valence-corrected chi connectivity index (χ4v) is 2.66. The smallest absolute Gasteiger partial charge is 0.289 e. The number of amides is 2. The number of carbonyl (C=O) groups excluding carboxylic acids is 3. The van der Waals surface area contributed by atoms with Crippen molar-refractivity contribution in [2.24, 2.45) is 5.73 Å². The molecule has 0 fully saturated rings. The standard InChI is InChI=1S/C20H17N3O4/c21-19(25)17(24)15(11-13-7-3-1-4-8-13)23-20(26)18-16(22-12-27-18)14-9-5-2-6-10-14/h1-10,12,15H,11H2,(H2,21,25)(H,23,26)/t15-/m0/s1. The van der Waals surface area contributed by atoms with E-state index in [0.29, 0.717) is 11.3 Å². The number of oxazole rings is 1. The van der Waals surface area contributed by atoms with Crippen LogP contribution in [-0.4, -0.2) is 28.6 Å². The molecule has 1 aromatic heterocycles. The van der Waals surface area contributed by atoms with E-state index in [2.05, 4.69) is 10.3 Å². The molecule has 0 aliphatic carbocycles. The van der Waals surface area contributed by atoms with Gasteiger partial charge in [-0.3, -0.25) is 14.4 Å². The van der Waals surface area contributed by atoms with E-state index >= 15 is 0 Å². The molecule has 0 radical (unpaired) electrons. The highest BCUT2D eigenvalue weighted by molar-refractivity contribution is 6.38. The van der Waals surface area contributed by atoms with Gasteiger partial charge in [0.15, 0.2) is 6.39 Å². The molecular weight excluding hydrogens is 346 g/mol. The third-order valence-corrected chi connectivity index (χ3v) is 3.97. The number of nitrogens with two attached hydrogens (primary N) is 1. The second-order valence-electron chi connectivity index (χ2n) is 5.84. The van der Waals surface area contributed by atoms with Crippen molar-refractivity contribution in [2.75, 3.05) is 0 Å². The summed E-state index contributed by atoms with van der Waals surface area (Å²) in [5.41, 5.74) is 6.94. The second kappa shape index (κ2) is 8.09. The molecule has 2 amide bonds. The molecule has 0 saturated heterocycles. The lowest BCUT2D eigenvalue weighted by Gasteiger charge is -2.16. The summed E-state index contributed by atoms with van der Waals surface area (Å²) in [5.74, 6) is -2.69. The van der Waals surface area contributed by atoms with Crippen molar-refractivity contribution in [3.05, 3.63) is 78.4 Å². The van der Waals surface area contributed by atoms with E-state index in [1.807, 2.05) is 12.1 Å². The molecule has 0 bridgehead atoms. The lowest BCUT2D eigenvalue weighted by molar-refractivity contribution is -0.137. The number of nitrogens with zero attached hydrogens (tertiary/aromatic N) is 1. The van der Waals surface area contributed by atoms with Crippen LogP contribution in [0.15, 0.2) is 71.5 Å². The van der Waals surface area contributed by atoms with E-state index in [4.69, 9.17) is 10.2 Å². The maximum absolute atomic E-state index is 12.7. The van der Waals surface area contributed by atoms with Crippen LogP contribution in [0.25, 0.3) is 11.3 Å². The number of ketones is 1. The van der Waals surface area contributed by atoms with Gasteiger partial charge in [0.2, 0.25) is 11.5 Å². The first-order valence-corrected chi connectivity index (χ1v) is 8.23. The first-order chi connectivity index (χ1) is 13.1. The average Bonchev–Trinajstić information content (AvgIpc) is 3.18. The number of aromatic nitrogens is 1. The third kappa shape index (κ3) is 4.27. The molecule has 3 N–H and O–H groups in total. The Kier molecular flexibility index (Phi) is 5.41. The number of hydrogen-bond acceptors (Lipinski definition) is 5. The SMILES string of the molecule is NC(=O)C(=O)[C@H](Cc1ccccc1)NC(=O)c1ocnc1-c1ccccc1. The van der Waals surface area contributed by atoms with E-state index in [0.717, 1.165) is 12.0 Å². The van der Waals surface area contributed by atoms with Crippen molar-refractivity contribution >= 4 is 17.6 Å². The van der Waals surface area contributed by atoms with Gasteiger partial charge in [-0.1, -0.05) is 60.7 Å². The molecule has 2 aromatic carbocycles. The maximum atomic E-state index is 12.7. The Morgan fingerprint density at radius 1 is 1.00 bits per heavy atom. The Bertz CT molecular complexity index is 952. The summed E-state index contributed by atoms with van der Waals surface area (Å²) >= 11 is 0. The van der Waals surface area contributed by atoms with Crippen LogP contribution in [0.2, 0.25) is 0 Å². The number of rotatable bonds is 7. The summed E-state index contributed by atoms with van der Waals surface area (Å²) < 4.78 is 5.22. The molecule has 0 saturated carbocycles. The summed E-state index contributed by atoms with van der Waals surface area (Å²) in [7, 11) is 0. The number of nitrogens with one attached hydrogen (secondary N) is 1. The molecule has 7 nitrogen and oxygen atoms in total. The first kappa shape index (κ1) is 18.1. The molecule has 0 unspecified atom stereocenters. The van der Waals surface area contributed by atoms with Crippen molar-refractivity contribution in [3.8, 4) is 11.3 Å². The molecule has 3 aromatic rings. The predicted molar refractivity (Wildman–Crippen MR) is 97.5 cm³/mol. The summed E-state index contributed by atoms with van der Waals surface area (Å²) in [4.78, 5) is 40.3. The van der Waals surface area contributed by atoms with E-state index in [-0.39, 0.29) is 12.2 Å². The van der Waals surface area contributed by atoms with Gasteiger partial charge in [0.25, 0.3) is 11.8 Å². The Hall–Kier alpha value is -3.74. The molecule has 0 aliphatic heterocycles. The molecule has 136 valence electrons. The van der Waals surface area contributed by atoms with Crippen LogP contribution in [0.3, 0.4) is 0 Å². The minimum Gasteiger partial charge on any atom is -0.438 e. The van der Waals surface area contributed by atoms with Gasteiger partial charge in [-0.25, -0.2) is 4.98 Å². The maximum Gasteiger partial charge on any atom is 0.289 e. The Morgan fingerprint density at radius 3 is 2.26 bits per heavy atom. The molecule has 7 heteroatoms. The highest BCUT2D eigenvalue weighted by Crippen LogP contribution is 2.21. The van der Waals surface area contributed by atoms with Crippen LogP contribution in [-0.2, 0) is 16.0 Å². The highest BCUT2D eigenvalue weighted by atomic mass is 16.3. The fourth-order valence-electron chi connectivity index (χ4n) is 2.66. The van der Waals surface area contributed by atoms with Crippen molar-refractivity contribution in [1.29, 1.82) is 0 Å². The summed E-state index contributed by atoms with van der Waals surface area (Å²) in [6, 6.07) is 16.9. The van der Waals surface area contributed by atoms with Gasteiger partial charge in [-0.2, -0.15) is 0 Å². The van der Waals surface area contributed by atoms with Crippen LogP contribution in [0, 0.1) is 0 Å². The van der Waals surface area contributed by atoms with Gasteiger partial charge in [0.1, 0.15) is 11.7 Å². The van der Waals surface area contributed by atoms with Gasteiger partial charge < -0.3 is 15.5 Å². The largest absolute Gasteiger partial charge is 0.438 e. The fraction of sp³-hybridized carbons (Fsp3) is 0.100. The normalized spacial score (nSPS) is 11.6. The minimum atomic E-state index is -1.11. The Balaban J connectivity index is 1.84. The van der Waals surface area contributed by atoms with Crippen molar-refractivity contribution in [1.82, 2.24) is 10.3 Å². The molecule has 0 aliphatic rings. The summed E-state index contributed by atoms with van der Waals surface area (Å²) in [6.07, 6.45) is 1.28. The zero-order valence-corrected chi connectivity index (χ0v) is 14.3. The Labute approximate surface area is 155 Å². The number of benzene rings is 2. The molecule has 0 spiro atoms. The molecule has 1 atom stereocenters. The van der Waals surface area contributed by atoms with Gasteiger partial charge >= 0.3 is 0 Å². The zero-order valence-electron chi connectivity index (χ0n) is 14.3. The second-order valence-corrected chi connectivity index (χ2v) is 5.84. The molecule has 1 heterocycles. The monoisotopic (exact) mass is 363 g/mol. The topological polar surface area (TPSA) is 115 Å². The number of Topliss-reactive ketones (excluding diaryl/α,β-unsaturated/α-hetero) is 1. The van der Waals surface area contributed by atoms with Crippen molar-refractivity contribution in [3.63, 3.8) is 0 Å². The molecule has 27 heavy (non-hydrogen) atoms. The number of primary amides is 1. The van der Waals surface area contributed by atoms with Gasteiger partial charge in [0.05, 0.1) is 0 Å². The van der Waals surface area contributed by atoms with Crippen molar-refractivity contribution in [2.45, 2.75) is 12.5 Å². The van der Waals surface area contributed by atoms with Crippen LogP contribution in [0.1, 0.15) is 16.1 Å². The van der Waals surface area contributed by atoms with E-state index in [9.17, 15) is 14.4 Å². The zero-order chi connectivity index (χ0) is 19.2. The Morgan fingerprint density at radius 2 is 1.63 bits per heavy atom. The molecule has 3 rings (SSSR count). The average molecular weight is 363 g/mol. The van der Waals surface area contributed by atoms with Crippen molar-refractivity contribution < 1.29 is 18.8 Å². The minimum absolute atomic E-state index is 0.0449. The van der Waals surface area contributed by atoms with Crippen LogP contribution in [0.5, 0.6) is 0 Å². The number of carbonyl (C=O) groups is 3. The van der Waals surface area contributed by atoms with Crippen LogP contribution < -0.4 is 11.1 Å². The van der Waals surface area contributed by atoms with Gasteiger partial charge in [-0.05, 0) is 5.56 Å². The first-order valence-electron chi connectivity index (χ1n) is 8.23. The third-order valence-electron chi connectivity index (χ3n) is 3.97. The van der Waals surface area contributed by atoms with Gasteiger partial charge in [-0.15, -0.1) is 0 Å². The quantitative estimate of drug-likeness (QED) is 0.620. The summed E-state index contributed by atoms with van der Waals surface area (Å²) in [5, 5.41) is 2.54. The van der Waals surface area contributed by atoms with Crippen LogP contribution >= 0.6 is 0 Å². The number of hydrogen-bond donors (Lipinski definition) is 2. The molecular formula is C20H17N3O4. The lowest BCUT2D eigenvalue weighted by Crippen LogP contribution is -2.47. The van der Waals surface area contributed by atoms with Crippen LogP contribution in [0.4, 0.5) is 0 Å². The van der Waals surface area contributed by atoms with E-state index < -0.39 is 23.6 Å². The van der Waals surface area contributed by atoms with E-state index in [1.165, 1.54) is 0 Å².